The van der Waals surface area contributed by atoms with E-state index in [1.165, 1.54) is 0 Å². The molecule has 3 aromatic rings. The number of H-pyrrole nitrogens is 1. The summed E-state index contributed by atoms with van der Waals surface area (Å²) in [5.41, 5.74) is 3.19. The number of benzene rings is 1. The van der Waals surface area contributed by atoms with Gasteiger partial charge in [-0.05, 0) is 30.8 Å². The van der Waals surface area contributed by atoms with Gasteiger partial charge in [-0.2, -0.15) is 5.10 Å². The lowest BCUT2D eigenvalue weighted by Crippen LogP contribution is -2.05. The van der Waals surface area contributed by atoms with E-state index >= 15 is 0 Å². The summed E-state index contributed by atoms with van der Waals surface area (Å²) >= 11 is 5.33. The highest BCUT2D eigenvalue weighted by Gasteiger charge is 2.10. The first kappa shape index (κ1) is 12.7. The molecule has 2 aromatic heterocycles. The van der Waals surface area contributed by atoms with Crippen LogP contribution in [0, 0.1) is 11.7 Å². The van der Waals surface area contributed by atoms with Gasteiger partial charge in [-0.3, -0.25) is 14.6 Å². The fraction of sp³-hybridized carbons (Fsp3) is 0.133. The van der Waals surface area contributed by atoms with E-state index in [-0.39, 0.29) is 0 Å². The second kappa shape index (κ2) is 5.38. The van der Waals surface area contributed by atoms with E-state index in [0.717, 1.165) is 22.6 Å². The standard InChI is InChI=1S/C15H14N4S/c1-11-6-5-9-16-13(11)10-19-14(17-18-15(19)20)12-7-3-2-4-8-12/h2-9H,10H2,1H3,(H,18,20). The predicted molar refractivity (Wildman–Crippen MR) is 80.9 cm³/mol. The van der Waals surface area contributed by atoms with Gasteiger partial charge in [0.2, 0.25) is 0 Å². The Morgan fingerprint density at radius 3 is 2.70 bits per heavy atom. The lowest BCUT2D eigenvalue weighted by atomic mass is 10.2. The van der Waals surface area contributed by atoms with Crippen molar-refractivity contribution in [2.75, 3.05) is 0 Å². The van der Waals surface area contributed by atoms with Crippen LogP contribution in [0.5, 0.6) is 0 Å². The average molecular weight is 282 g/mol. The van der Waals surface area contributed by atoms with Crippen LogP contribution in [0.4, 0.5) is 0 Å². The molecular formula is C15H14N4S. The van der Waals surface area contributed by atoms with E-state index in [1.54, 1.807) is 6.20 Å². The number of aryl methyl sites for hydroxylation is 1. The minimum Gasteiger partial charge on any atom is -0.294 e. The molecule has 100 valence electrons. The molecule has 2 heterocycles. The number of nitrogens with zero attached hydrogens (tertiary/aromatic N) is 3. The highest BCUT2D eigenvalue weighted by Crippen LogP contribution is 2.18. The van der Waals surface area contributed by atoms with Crippen molar-refractivity contribution in [3.05, 3.63) is 64.7 Å². The molecule has 0 atom stereocenters. The molecule has 0 spiro atoms. The number of nitrogens with one attached hydrogen (secondary N) is 1. The second-order valence-corrected chi connectivity index (χ2v) is 4.96. The maximum atomic E-state index is 5.33. The molecule has 1 N–H and O–H groups in total. The predicted octanol–water partition coefficient (Wildman–Crippen LogP) is 3.36. The molecule has 0 radical (unpaired) electrons. The third-order valence-electron chi connectivity index (χ3n) is 3.22. The Balaban J connectivity index is 2.05. The van der Waals surface area contributed by atoms with E-state index in [4.69, 9.17) is 12.2 Å². The molecule has 0 saturated heterocycles. The summed E-state index contributed by atoms with van der Waals surface area (Å²) in [6.07, 6.45) is 1.80. The summed E-state index contributed by atoms with van der Waals surface area (Å²) in [6, 6.07) is 14.0. The molecule has 5 heteroatoms. The summed E-state index contributed by atoms with van der Waals surface area (Å²) in [7, 11) is 0. The van der Waals surface area contributed by atoms with Gasteiger partial charge in [0.25, 0.3) is 0 Å². The minimum absolute atomic E-state index is 0.605. The van der Waals surface area contributed by atoms with E-state index in [0.29, 0.717) is 11.3 Å². The van der Waals surface area contributed by atoms with Crippen LogP contribution in [-0.2, 0) is 6.54 Å². The number of hydrogen-bond donors (Lipinski definition) is 1. The molecular weight excluding hydrogens is 268 g/mol. The molecule has 0 aliphatic carbocycles. The highest BCUT2D eigenvalue weighted by molar-refractivity contribution is 7.71. The van der Waals surface area contributed by atoms with Crippen molar-refractivity contribution in [1.29, 1.82) is 0 Å². The molecule has 0 saturated carbocycles. The monoisotopic (exact) mass is 282 g/mol. The lowest BCUT2D eigenvalue weighted by Gasteiger charge is -2.08. The number of rotatable bonds is 3. The van der Waals surface area contributed by atoms with Gasteiger partial charge < -0.3 is 0 Å². The first-order valence-corrected chi connectivity index (χ1v) is 6.77. The smallest absolute Gasteiger partial charge is 0.195 e. The van der Waals surface area contributed by atoms with Crippen molar-refractivity contribution in [1.82, 2.24) is 19.7 Å². The zero-order chi connectivity index (χ0) is 13.9. The molecule has 0 bridgehead atoms. The summed E-state index contributed by atoms with van der Waals surface area (Å²) in [5, 5.41) is 7.19. The zero-order valence-corrected chi connectivity index (χ0v) is 11.9. The summed E-state index contributed by atoms with van der Waals surface area (Å²) in [4.78, 5) is 4.42. The number of pyridine rings is 1. The van der Waals surface area contributed by atoms with Gasteiger partial charge in [0.05, 0.1) is 12.2 Å². The number of hydrogen-bond acceptors (Lipinski definition) is 3. The summed E-state index contributed by atoms with van der Waals surface area (Å²) < 4.78 is 2.58. The largest absolute Gasteiger partial charge is 0.294 e. The van der Waals surface area contributed by atoms with Crippen LogP contribution < -0.4 is 0 Å². The molecule has 0 fully saturated rings. The number of aromatic nitrogens is 4. The quantitative estimate of drug-likeness (QED) is 0.749. The molecule has 20 heavy (non-hydrogen) atoms. The first-order chi connectivity index (χ1) is 9.75. The Labute approximate surface area is 122 Å². The Morgan fingerprint density at radius 1 is 1.15 bits per heavy atom. The average Bonchev–Trinajstić information content (AvgIpc) is 2.84. The van der Waals surface area contributed by atoms with Gasteiger partial charge in [0.15, 0.2) is 10.6 Å². The SMILES string of the molecule is Cc1cccnc1Cn1c(-c2ccccc2)n[nH]c1=S. The molecule has 0 aliphatic heterocycles. The maximum Gasteiger partial charge on any atom is 0.195 e. The van der Waals surface area contributed by atoms with Crippen molar-refractivity contribution in [3.8, 4) is 11.4 Å². The third kappa shape index (κ3) is 2.40. The third-order valence-corrected chi connectivity index (χ3v) is 3.53. The van der Waals surface area contributed by atoms with Crippen molar-refractivity contribution >= 4 is 12.2 Å². The van der Waals surface area contributed by atoms with Crippen molar-refractivity contribution < 1.29 is 0 Å². The summed E-state index contributed by atoms with van der Waals surface area (Å²) in [6.45, 7) is 2.67. The Kier molecular flexibility index (Phi) is 3.43. The minimum atomic E-state index is 0.605. The van der Waals surface area contributed by atoms with E-state index in [9.17, 15) is 0 Å². The van der Waals surface area contributed by atoms with Crippen LogP contribution >= 0.6 is 12.2 Å². The van der Waals surface area contributed by atoms with Gasteiger partial charge in [0, 0.05) is 11.8 Å². The van der Waals surface area contributed by atoms with Crippen LogP contribution in [0.3, 0.4) is 0 Å². The molecule has 3 rings (SSSR count). The van der Waals surface area contributed by atoms with Gasteiger partial charge in [-0.25, -0.2) is 0 Å². The summed E-state index contributed by atoms with van der Waals surface area (Å²) in [5.74, 6) is 0.834. The van der Waals surface area contributed by atoms with E-state index < -0.39 is 0 Å². The van der Waals surface area contributed by atoms with Crippen LogP contribution in [0.15, 0.2) is 48.7 Å². The Morgan fingerprint density at radius 2 is 1.95 bits per heavy atom. The zero-order valence-electron chi connectivity index (χ0n) is 11.1. The molecule has 0 unspecified atom stereocenters. The van der Waals surface area contributed by atoms with E-state index in [2.05, 4.69) is 15.2 Å². The highest BCUT2D eigenvalue weighted by atomic mass is 32.1. The lowest BCUT2D eigenvalue weighted by molar-refractivity contribution is 0.761. The normalized spacial score (nSPS) is 10.7. The van der Waals surface area contributed by atoms with Crippen molar-refractivity contribution in [2.45, 2.75) is 13.5 Å². The fourth-order valence-electron chi connectivity index (χ4n) is 2.11. The van der Waals surface area contributed by atoms with Crippen molar-refractivity contribution in [3.63, 3.8) is 0 Å². The van der Waals surface area contributed by atoms with Gasteiger partial charge >= 0.3 is 0 Å². The van der Waals surface area contributed by atoms with Gasteiger partial charge in [0.1, 0.15) is 0 Å². The first-order valence-electron chi connectivity index (χ1n) is 6.37. The second-order valence-electron chi connectivity index (χ2n) is 4.57. The fourth-order valence-corrected chi connectivity index (χ4v) is 2.30. The topological polar surface area (TPSA) is 46.5 Å². The Hall–Kier alpha value is -2.27. The molecule has 0 amide bonds. The van der Waals surface area contributed by atoms with Gasteiger partial charge in [-0.1, -0.05) is 36.4 Å². The van der Waals surface area contributed by atoms with Crippen LogP contribution in [0.25, 0.3) is 11.4 Å². The van der Waals surface area contributed by atoms with Crippen molar-refractivity contribution in [2.24, 2.45) is 0 Å². The number of aromatic amines is 1. The van der Waals surface area contributed by atoms with Crippen LogP contribution in [0.1, 0.15) is 11.3 Å². The maximum absolute atomic E-state index is 5.33. The van der Waals surface area contributed by atoms with Crippen LogP contribution in [-0.4, -0.2) is 19.7 Å². The Bertz CT molecular complexity index is 774. The van der Waals surface area contributed by atoms with Gasteiger partial charge in [-0.15, -0.1) is 0 Å². The molecule has 1 aromatic carbocycles. The molecule has 0 aliphatic rings. The van der Waals surface area contributed by atoms with E-state index in [1.807, 2.05) is 54.0 Å². The van der Waals surface area contributed by atoms with Crippen LogP contribution in [0.2, 0.25) is 0 Å². The molecule has 4 nitrogen and oxygen atoms in total.